The van der Waals surface area contributed by atoms with Gasteiger partial charge in [-0.1, -0.05) is 12.8 Å². The molecule has 1 aliphatic carbocycles. The fraction of sp³-hybridized carbons (Fsp3) is 0.500. The molecular weight excluding hydrogens is 290 g/mol. The van der Waals surface area contributed by atoms with Gasteiger partial charge in [-0.15, -0.1) is 0 Å². The number of hydrogen-bond donors (Lipinski definition) is 2. The third-order valence-corrected chi connectivity index (χ3v) is 4.05. The van der Waals surface area contributed by atoms with Gasteiger partial charge in [-0.25, -0.2) is 8.78 Å². The number of hydrazine groups is 1. The fourth-order valence-electron chi connectivity index (χ4n) is 2.57. The summed E-state index contributed by atoms with van der Waals surface area (Å²) in [7, 11) is 0. The van der Waals surface area contributed by atoms with Crippen molar-refractivity contribution in [3.8, 4) is 0 Å². The van der Waals surface area contributed by atoms with Crippen LogP contribution in [0.5, 0.6) is 0 Å². The van der Waals surface area contributed by atoms with E-state index in [0.29, 0.717) is 0 Å². The number of hydrogen-bond acceptors (Lipinski definition) is 2. The molecule has 2 rings (SSSR count). The molecule has 1 aromatic carbocycles. The summed E-state index contributed by atoms with van der Waals surface area (Å²) in [6, 6.07) is 2.19. The summed E-state index contributed by atoms with van der Waals surface area (Å²) in [6.07, 6.45) is 4.11. The molecular formula is C12H15BrF2N2. The highest BCUT2D eigenvalue weighted by atomic mass is 79.9. The minimum atomic E-state index is -0.556. The molecule has 0 aliphatic heterocycles. The standard InChI is InChI=1S/C12H15BrF2N2/c13-8-5-6-9(14)10(11(8)15)12(17-16)7-3-1-2-4-7/h5-7,12,17H,1-4,16H2. The molecule has 0 heterocycles. The molecule has 2 nitrogen and oxygen atoms in total. The molecule has 94 valence electrons. The van der Waals surface area contributed by atoms with Gasteiger partial charge in [0.2, 0.25) is 0 Å². The Bertz CT molecular complexity index is 406. The molecule has 0 saturated heterocycles. The predicted octanol–water partition coefficient (Wildman–Crippen LogP) is 3.42. The Kier molecular flexibility index (Phi) is 4.12. The normalized spacial score (nSPS) is 18.6. The van der Waals surface area contributed by atoms with Crippen molar-refractivity contribution >= 4 is 15.9 Å². The summed E-state index contributed by atoms with van der Waals surface area (Å²) in [5.41, 5.74) is 2.62. The quantitative estimate of drug-likeness (QED) is 0.510. The lowest BCUT2D eigenvalue weighted by molar-refractivity contribution is 0.349. The molecule has 1 unspecified atom stereocenters. The van der Waals surface area contributed by atoms with E-state index in [1.807, 2.05) is 0 Å². The van der Waals surface area contributed by atoms with Crippen LogP contribution >= 0.6 is 15.9 Å². The average molecular weight is 305 g/mol. The van der Waals surface area contributed by atoms with E-state index in [4.69, 9.17) is 5.84 Å². The molecule has 1 saturated carbocycles. The smallest absolute Gasteiger partial charge is 0.145 e. The number of rotatable bonds is 3. The van der Waals surface area contributed by atoms with E-state index in [1.165, 1.54) is 12.1 Å². The Morgan fingerprint density at radius 2 is 1.94 bits per heavy atom. The third kappa shape index (κ3) is 2.51. The second-order valence-electron chi connectivity index (χ2n) is 4.45. The van der Waals surface area contributed by atoms with Crippen molar-refractivity contribution in [1.82, 2.24) is 5.43 Å². The summed E-state index contributed by atoms with van der Waals surface area (Å²) in [5, 5.41) is 0. The molecule has 0 bridgehead atoms. The van der Waals surface area contributed by atoms with Gasteiger partial charge in [0.05, 0.1) is 10.5 Å². The van der Waals surface area contributed by atoms with Crippen LogP contribution in [0.4, 0.5) is 8.78 Å². The van der Waals surface area contributed by atoms with Crippen LogP contribution in [0.3, 0.4) is 0 Å². The fourth-order valence-corrected chi connectivity index (χ4v) is 2.92. The van der Waals surface area contributed by atoms with Gasteiger partial charge in [-0.3, -0.25) is 11.3 Å². The molecule has 0 aromatic heterocycles. The molecule has 0 amide bonds. The van der Waals surface area contributed by atoms with Gasteiger partial charge >= 0.3 is 0 Å². The second kappa shape index (κ2) is 5.42. The highest BCUT2D eigenvalue weighted by Crippen LogP contribution is 2.38. The van der Waals surface area contributed by atoms with E-state index < -0.39 is 17.7 Å². The van der Waals surface area contributed by atoms with E-state index in [-0.39, 0.29) is 16.0 Å². The molecule has 1 aromatic rings. The highest BCUT2D eigenvalue weighted by Gasteiger charge is 2.30. The molecule has 1 fully saturated rings. The molecule has 1 atom stereocenters. The lowest BCUT2D eigenvalue weighted by Crippen LogP contribution is -2.34. The van der Waals surface area contributed by atoms with Crippen LogP contribution in [-0.4, -0.2) is 0 Å². The van der Waals surface area contributed by atoms with Crippen LogP contribution in [0.15, 0.2) is 16.6 Å². The van der Waals surface area contributed by atoms with Crippen molar-refractivity contribution in [3.63, 3.8) is 0 Å². The highest BCUT2D eigenvalue weighted by molar-refractivity contribution is 9.10. The summed E-state index contributed by atoms with van der Waals surface area (Å²) in [6.45, 7) is 0. The van der Waals surface area contributed by atoms with Gasteiger partial charge in [0.1, 0.15) is 11.6 Å². The number of halogens is 3. The van der Waals surface area contributed by atoms with E-state index >= 15 is 0 Å². The van der Waals surface area contributed by atoms with Gasteiger partial charge in [-0.2, -0.15) is 0 Å². The summed E-state index contributed by atoms with van der Waals surface area (Å²) in [5.74, 6) is 4.58. The zero-order chi connectivity index (χ0) is 12.4. The largest absolute Gasteiger partial charge is 0.271 e. The zero-order valence-corrected chi connectivity index (χ0v) is 10.9. The van der Waals surface area contributed by atoms with Crippen molar-refractivity contribution in [2.75, 3.05) is 0 Å². The van der Waals surface area contributed by atoms with Crippen molar-refractivity contribution in [2.45, 2.75) is 31.7 Å². The van der Waals surface area contributed by atoms with Crippen LogP contribution in [0.2, 0.25) is 0 Å². The van der Waals surface area contributed by atoms with Gasteiger partial charge in [0.15, 0.2) is 0 Å². The van der Waals surface area contributed by atoms with Crippen LogP contribution < -0.4 is 11.3 Å². The Balaban J connectivity index is 2.39. The van der Waals surface area contributed by atoms with Gasteiger partial charge < -0.3 is 0 Å². The van der Waals surface area contributed by atoms with Gasteiger partial charge in [-0.05, 0) is 46.8 Å². The van der Waals surface area contributed by atoms with E-state index in [0.717, 1.165) is 25.7 Å². The molecule has 1 aliphatic rings. The van der Waals surface area contributed by atoms with Crippen molar-refractivity contribution in [2.24, 2.45) is 11.8 Å². The first-order valence-corrected chi connectivity index (χ1v) is 6.54. The topological polar surface area (TPSA) is 38.0 Å². The molecule has 0 radical (unpaired) electrons. The molecule has 17 heavy (non-hydrogen) atoms. The Labute approximate surface area is 108 Å². The molecule has 0 spiro atoms. The van der Waals surface area contributed by atoms with Crippen LogP contribution in [0.1, 0.15) is 37.3 Å². The van der Waals surface area contributed by atoms with Crippen LogP contribution in [0.25, 0.3) is 0 Å². The maximum absolute atomic E-state index is 14.0. The summed E-state index contributed by atoms with van der Waals surface area (Å²) < 4.78 is 28.0. The first kappa shape index (κ1) is 12.9. The lowest BCUT2D eigenvalue weighted by Gasteiger charge is -2.24. The first-order chi connectivity index (χ1) is 8.15. The number of nitrogens with two attached hydrogens (primary N) is 1. The monoisotopic (exact) mass is 304 g/mol. The van der Waals surface area contributed by atoms with E-state index in [9.17, 15) is 8.78 Å². The predicted molar refractivity (Wildman–Crippen MR) is 66.1 cm³/mol. The Hall–Kier alpha value is -0.520. The zero-order valence-electron chi connectivity index (χ0n) is 9.35. The lowest BCUT2D eigenvalue weighted by atomic mass is 9.91. The molecule has 5 heteroatoms. The van der Waals surface area contributed by atoms with E-state index in [2.05, 4.69) is 21.4 Å². The Morgan fingerprint density at radius 1 is 1.29 bits per heavy atom. The molecule has 3 N–H and O–H groups in total. The third-order valence-electron chi connectivity index (χ3n) is 3.44. The number of benzene rings is 1. The van der Waals surface area contributed by atoms with Crippen LogP contribution in [-0.2, 0) is 0 Å². The summed E-state index contributed by atoms with van der Waals surface area (Å²) in [4.78, 5) is 0. The average Bonchev–Trinajstić information content (AvgIpc) is 2.83. The van der Waals surface area contributed by atoms with Gasteiger partial charge in [0.25, 0.3) is 0 Å². The maximum atomic E-state index is 14.0. The van der Waals surface area contributed by atoms with Crippen molar-refractivity contribution in [3.05, 3.63) is 33.8 Å². The minimum Gasteiger partial charge on any atom is -0.271 e. The number of nitrogens with one attached hydrogen (secondary N) is 1. The van der Waals surface area contributed by atoms with Crippen LogP contribution in [0, 0.1) is 17.6 Å². The van der Waals surface area contributed by atoms with E-state index in [1.54, 1.807) is 0 Å². The SMILES string of the molecule is NNC(c1c(F)ccc(Br)c1F)C1CCCC1. The van der Waals surface area contributed by atoms with Crippen molar-refractivity contribution in [1.29, 1.82) is 0 Å². The minimum absolute atomic E-state index is 0.0498. The Morgan fingerprint density at radius 3 is 2.53 bits per heavy atom. The first-order valence-electron chi connectivity index (χ1n) is 5.74. The second-order valence-corrected chi connectivity index (χ2v) is 5.30. The maximum Gasteiger partial charge on any atom is 0.145 e. The van der Waals surface area contributed by atoms with Gasteiger partial charge in [0, 0.05) is 5.56 Å². The summed E-state index contributed by atoms with van der Waals surface area (Å²) >= 11 is 3.08. The van der Waals surface area contributed by atoms with Crippen molar-refractivity contribution < 1.29 is 8.78 Å².